The summed E-state index contributed by atoms with van der Waals surface area (Å²) in [6, 6.07) is 20.8. The molecule has 0 spiro atoms. The Morgan fingerprint density at radius 3 is 2.67 bits per heavy atom. The molecular formula is C24H19N3O3. The lowest BCUT2D eigenvalue weighted by Gasteiger charge is -2.12. The Hall–Kier alpha value is -3.93. The van der Waals surface area contributed by atoms with E-state index in [-0.39, 0.29) is 18.3 Å². The largest absolute Gasteiger partial charge is 0.453 e. The van der Waals surface area contributed by atoms with Crippen LogP contribution in [0.3, 0.4) is 0 Å². The third kappa shape index (κ3) is 3.12. The number of ether oxygens (including phenoxy) is 1. The zero-order valence-electron chi connectivity index (χ0n) is 16.3. The summed E-state index contributed by atoms with van der Waals surface area (Å²) in [4.78, 5) is 29.7. The van der Waals surface area contributed by atoms with Gasteiger partial charge in [0.2, 0.25) is 5.91 Å². The first-order valence-electron chi connectivity index (χ1n) is 9.74. The number of hydrogen-bond acceptors (Lipinski definition) is 4. The van der Waals surface area contributed by atoms with Gasteiger partial charge in [-0.2, -0.15) is 0 Å². The van der Waals surface area contributed by atoms with E-state index in [9.17, 15) is 9.59 Å². The first-order chi connectivity index (χ1) is 14.6. The van der Waals surface area contributed by atoms with Crippen molar-refractivity contribution in [1.29, 1.82) is 0 Å². The zero-order chi connectivity index (χ0) is 20.7. The molecule has 2 aromatic carbocycles. The maximum Gasteiger partial charge on any atom is 0.339 e. The molecule has 0 bridgehead atoms. The van der Waals surface area contributed by atoms with Gasteiger partial charge in [0.1, 0.15) is 23.3 Å². The molecule has 6 nitrogen and oxygen atoms in total. The normalized spacial score (nSPS) is 15.1. The number of hydrogen-bond donors (Lipinski definition) is 1. The molecule has 1 aliphatic heterocycles. The van der Waals surface area contributed by atoms with E-state index in [0.717, 1.165) is 22.3 Å². The SMILES string of the molecule is Cc1ccc2nc(-c3ccccc3)c(NC(=O)CC3OC(=O)c4ccccc43)n2c1. The molecule has 0 radical (unpaired) electrons. The van der Waals surface area contributed by atoms with Crippen LogP contribution in [0.2, 0.25) is 0 Å². The second-order valence-corrected chi connectivity index (χ2v) is 7.34. The van der Waals surface area contributed by atoms with Crippen LogP contribution >= 0.6 is 0 Å². The van der Waals surface area contributed by atoms with Gasteiger partial charge < -0.3 is 10.1 Å². The molecule has 0 aliphatic carbocycles. The fraction of sp³-hybridized carbons (Fsp3) is 0.125. The standard InChI is InChI=1S/C24H19N3O3/c1-15-11-12-20-25-22(16-7-3-2-4-8-16)23(27(20)14-15)26-21(28)13-19-17-9-5-6-10-18(17)24(29)30-19/h2-12,14,19H,13H2,1H3,(H,26,28). The fourth-order valence-corrected chi connectivity index (χ4v) is 3.79. The summed E-state index contributed by atoms with van der Waals surface area (Å²) < 4.78 is 7.30. The molecule has 5 rings (SSSR count). The van der Waals surface area contributed by atoms with Crippen LogP contribution in [0.5, 0.6) is 0 Å². The van der Waals surface area contributed by atoms with Gasteiger partial charge in [-0.3, -0.25) is 9.20 Å². The van der Waals surface area contributed by atoms with Crippen LogP contribution in [0.4, 0.5) is 5.82 Å². The predicted molar refractivity (Wildman–Crippen MR) is 113 cm³/mol. The van der Waals surface area contributed by atoms with Crippen LogP contribution in [0, 0.1) is 6.92 Å². The zero-order valence-corrected chi connectivity index (χ0v) is 16.3. The van der Waals surface area contributed by atoms with E-state index < -0.39 is 6.10 Å². The van der Waals surface area contributed by atoms with Crippen molar-refractivity contribution < 1.29 is 14.3 Å². The molecule has 2 aromatic heterocycles. The number of pyridine rings is 1. The van der Waals surface area contributed by atoms with Crippen molar-refractivity contribution in [3.8, 4) is 11.3 Å². The summed E-state index contributed by atoms with van der Waals surface area (Å²) >= 11 is 0. The van der Waals surface area contributed by atoms with Crippen molar-refractivity contribution >= 4 is 23.3 Å². The monoisotopic (exact) mass is 397 g/mol. The minimum atomic E-state index is -0.588. The maximum absolute atomic E-state index is 13.0. The number of nitrogens with zero attached hydrogens (tertiary/aromatic N) is 2. The molecule has 1 N–H and O–H groups in total. The number of aromatic nitrogens is 2. The summed E-state index contributed by atoms with van der Waals surface area (Å²) in [7, 11) is 0. The molecule has 1 atom stereocenters. The number of aryl methyl sites for hydroxylation is 1. The van der Waals surface area contributed by atoms with Crippen molar-refractivity contribution in [2.45, 2.75) is 19.4 Å². The minimum Gasteiger partial charge on any atom is -0.453 e. The number of esters is 1. The Labute approximate surface area is 173 Å². The number of rotatable bonds is 4. The van der Waals surface area contributed by atoms with E-state index in [1.807, 2.05) is 72.1 Å². The molecule has 30 heavy (non-hydrogen) atoms. The number of carbonyl (C=O) groups excluding carboxylic acids is 2. The lowest BCUT2D eigenvalue weighted by atomic mass is 10.0. The molecule has 0 saturated carbocycles. The van der Waals surface area contributed by atoms with Crippen LogP contribution in [0.1, 0.15) is 34.0 Å². The van der Waals surface area contributed by atoms with Crippen molar-refractivity contribution in [3.63, 3.8) is 0 Å². The molecular weight excluding hydrogens is 378 g/mol. The summed E-state index contributed by atoms with van der Waals surface area (Å²) in [5, 5.41) is 3.00. The van der Waals surface area contributed by atoms with Gasteiger partial charge in [-0.15, -0.1) is 0 Å². The summed E-state index contributed by atoms with van der Waals surface area (Å²) in [6.45, 7) is 1.99. The number of nitrogens with one attached hydrogen (secondary N) is 1. The Bertz CT molecular complexity index is 1280. The molecule has 0 saturated heterocycles. The van der Waals surface area contributed by atoms with Crippen LogP contribution in [-0.2, 0) is 9.53 Å². The van der Waals surface area contributed by atoms with Gasteiger partial charge in [0.15, 0.2) is 0 Å². The lowest BCUT2D eigenvalue weighted by Crippen LogP contribution is -2.17. The van der Waals surface area contributed by atoms with Crippen LogP contribution < -0.4 is 5.32 Å². The van der Waals surface area contributed by atoms with Crippen LogP contribution in [0.25, 0.3) is 16.9 Å². The Morgan fingerprint density at radius 2 is 1.83 bits per heavy atom. The second-order valence-electron chi connectivity index (χ2n) is 7.34. The highest BCUT2D eigenvalue weighted by Gasteiger charge is 2.32. The van der Waals surface area contributed by atoms with Gasteiger partial charge in [0, 0.05) is 17.3 Å². The molecule has 6 heteroatoms. The summed E-state index contributed by atoms with van der Waals surface area (Å²) in [5.74, 6) is -0.0358. The van der Waals surface area contributed by atoms with E-state index in [0.29, 0.717) is 17.1 Å². The molecule has 1 aliphatic rings. The van der Waals surface area contributed by atoms with Gasteiger partial charge in [-0.1, -0.05) is 54.6 Å². The Kier molecular flexibility index (Phi) is 4.32. The van der Waals surface area contributed by atoms with Crippen molar-refractivity contribution in [3.05, 3.63) is 89.6 Å². The number of benzene rings is 2. The van der Waals surface area contributed by atoms with Crippen molar-refractivity contribution in [1.82, 2.24) is 9.38 Å². The minimum absolute atomic E-state index is 0.0377. The predicted octanol–water partition coefficient (Wildman–Crippen LogP) is 4.55. The number of cyclic esters (lactones) is 1. The molecule has 148 valence electrons. The van der Waals surface area contributed by atoms with Crippen molar-refractivity contribution in [2.75, 3.05) is 5.32 Å². The van der Waals surface area contributed by atoms with Gasteiger partial charge in [-0.05, 0) is 24.6 Å². The highest BCUT2D eigenvalue weighted by molar-refractivity contribution is 5.97. The average molecular weight is 397 g/mol. The topological polar surface area (TPSA) is 72.7 Å². The number of anilines is 1. The van der Waals surface area contributed by atoms with E-state index in [1.165, 1.54) is 0 Å². The van der Waals surface area contributed by atoms with E-state index in [2.05, 4.69) is 5.32 Å². The highest BCUT2D eigenvalue weighted by Crippen LogP contribution is 2.34. The van der Waals surface area contributed by atoms with Crippen molar-refractivity contribution in [2.24, 2.45) is 0 Å². The Morgan fingerprint density at radius 1 is 1.07 bits per heavy atom. The summed E-state index contributed by atoms with van der Waals surface area (Å²) in [5.41, 5.74) is 4.66. The maximum atomic E-state index is 13.0. The molecule has 1 amide bonds. The van der Waals surface area contributed by atoms with Gasteiger partial charge in [0.05, 0.1) is 12.0 Å². The van der Waals surface area contributed by atoms with E-state index in [4.69, 9.17) is 9.72 Å². The summed E-state index contributed by atoms with van der Waals surface area (Å²) in [6.07, 6.45) is 1.39. The van der Waals surface area contributed by atoms with Gasteiger partial charge in [0.25, 0.3) is 0 Å². The second kappa shape index (κ2) is 7.15. The molecule has 3 heterocycles. The van der Waals surface area contributed by atoms with E-state index in [1.54, 1.807) is 12.1 Å². The third-order valence-corrected chi connectivity index (χ3v) is 5.22. The smallest absolute Gasteiger partial charge is 0.339 e. The first-order valence-corrected chi connectivity index (χ1v) is 9.74. The fourth-order valence-electron chi connectivity index (χ4n) is 3.79. The number of amides is 1. The first kappa shape index (κ1) is 18.1. The molecule has 1 unspecified atom stereocenters. The van der Waals surface area contributed by atoms with Crippen LogP contribution in [0.15, 0.2) is 72.9 Å². The highest BCUT2D eigenvalue weighted by atomic mass is 16.5. The average Bonchev–Trinajstić information content (AvgIpc) is 3.26. The number of fused-ring (bicyclic) bond motifs is 2. The number of carbonyl (C=O) groups is 2. The third-order valence-electron chi connectivity index (χ3n) is 5.22. The molecule has 4 aromatic rings. The number of imidazole rings is 1. The molecule has 0 fully saturated rings. The Balaban J connectivity index is 1.48. The quantitative estimate of drug-likeness (QED) is 0.513. The van der Waals surface area contributed by atoms with Crippen LogP contribution in [-0.4, -0.2) is 21.3 Å². The van der Waals surface area contributed by atoms with Gasteiger partial charge in [-0.25, -0.2) is 9.78 Å². The van der Waals surface area contributed by atoms with E-state index >= 15 is 0 Å². The van der Waals surface area contributed by atoms with Gasteiger partial charge >= 0.3 is 5.97 Å². The lowest BCUT2D eigenvalue weighted by molar-refractivity contribution is -0.118.